The maximum Gasteiger partial charge on any atom is 0.417 e. The van der Waals surface area contributed by atoms with Crippen molar-refractivity contribution in [2.75, 3.05) is 66.3 Å². The number of alkyl halides is 5. The molecule has 6 rings (SSSR count). The van der Waals surface area contributed by atoms with Gasteiger partial charge in [-0.1, -0.05) is 6.07 Å². The molecule has 1 unspecified atom stereocenters. The standard InChI is InChI=1S/C40H41F5N8O5S/c1-38(2)36(57)52(27-8-7-24(22-46)29(20-27)40(43,44)45)37(59)53(38)28-9-11-32(30(21-28)39(3,41)42)58-18-17-50-13-15-51(16-14-50)23-34(55)48-26-6-4-5-25(19-26)47-31-10-12-33(54)49-35(31)56/h4-9,11,19-21,31,47H,10,12-18,23H2,1-3H3,(H,48,55)(H,49,54,56). The summed E-state index contributed by atoms with van der Waals surface area (Å²) in [5.74, 6) is -5.12. The third-order valence-electron chi connectivity index (χ3n) is 10.3. The third-order valence-corrected chi connectivity index (χ3v) is 10.6. The molecule has 3 fully saturated rings. The van der Waals surface area contributed by atoms with E-state index in [1.807, 2.05) is 4.90 Å². The second-order valence-electron chi connectivity index (χ2n) is 15.0. The molecule has 0 radical (unpaired) electrons. The summed E-state index contributed by atoms with van der Waals surface area (Å²) >= 11 is 5.57. The van der Waals surface area contributed by atoms with Crippen molar-refractivity contribution >= 4 is 63.7 Å². The Hall–Kier alpha value is -5.71. The second kappa shape index (κ2) is 16.9. The summed E-state index contributed by atoms with van der Waals surface area (Å²) in [6, 6.07) is 14.6. The Balaban J connectivity index is 1.03. The van der Waals surface area contributed by atoms with Crippen molar-refractivity contribution < 1.29 is 45.9 Å². The summed E-state index contributed by atoms with van der Waals surface area (Å²) in [5.41, 5.74) is -2.81. The van der Waals surface area contributed by atoms with Crippen molar-refractivity contribution in [3.8, 4) is 11.8 Å². The molecule has 3 N–H and O–H groups in total. The van der Waals surface area contributed by atoms with Gasteiger partial charge in [0.05, 0.1) is 35.0 Å². The highest BCUT2D eigenvalue weighted by Crippen LogP contribution is 2.43. The molecule has 0 spiro atoms. The van der Waals surface area contributed by atoms with Crippen LogP contribution >= 0.6 is 12.2 Å². The third kappa shape index (κ3) is 9.61. The summed E-state index contributed by atoms with van der Waals surface area (Å²) in [6.45, 7) is 6.56. The van der Waals surface area contributed by atoms with Gasteiger partial charge in [-0.3, -0.25) is 39.2 Å². The van der Waals surface area contributed by atoms with Gasteiger partial charge in [0.1, 0.15) is 23.9 Å². The number of hydrogen-bond acceptors (Lipinski definition) is 10. The minimum absolute atomic E-state index is 0.0617. The van der Waals surface area contributed by atoms with Gasteiger partial charge in [-0.05, 0) is 87.1 Å². The van der Waals surface area contributed by atoms with Crippen LogP contribution in [0.3, 0.4) is 0 Å². The van der Waals surface area contributed by atoms with Crippen molar-refractivity contribution in [1.82, 2.24) is 15.1 Å². The zero-order valence-electron chi connectivity index (χ0n) is 32.3. The smallest absolute Gasteiger partial charge is 0.417 e. The van der Waals surface area contributed by atoms with Gasteiger partial charge in [0.15, 0.2) is 5.11 Å². The molecule has 0 aromatic heterocycles. The van der Waals surface area contributed by atoms with E-state index in [9.17, 15) is 37.6 Å². The number of piperidine rings is 1. The van der Waals surface area contributed by atoms with E-state index in [0.29, 0.717) is 63.5 Å². The number of benzene rings is 3. The predicted octanol–water partition coefficient (Wildman–Crippen LogP) is 5.46. The number of anilines is 4. The lowest BCUT2D eigenvalue weighted by Crippen LogP contribution is -2.49. The van der Waals surface area contributed by atoms with Gasteiger partial charge in [0.25, 0.3) is 11.8 Å². The van der Waals surface area contributed by atoms with Crippen LogP contribution in [0, 0.1) is 11.3 Å². The van der Waals surface area contributed by atoms with E-state index in [1.54, 1.807) is 24.3 Å². The normalized spacial score (nSPS) is 19.1. The lowest BCUT2D eigenvalue weighted by atomic mass is 10.0. The molecular weight excluding hydrogens is 800 g/mol. The number of piperazine rings is 1. The first-order valence-corrected chi connectivity index (χ1v) is 19.1. The molecule has 3 heterocycles. The second-order valence-corrected chi connectivity index (χ2v) is 15.3. The monoisotopic (exact) mass is 840 g/mol. The van der Waals surface area contributed by atoms with Crippen LogP contribution in [-0.4, -0.2) is 96.0 Å². The molecule has 3 aromatic carbocycles. The van der Waals surface area contributed by atoms with Gasteiger partial charge < -0.3 is 20.3 Å². The Bertz CT molecular complexity index is 2200. The van der Waals surface area contributed by atoms with E-state index in [-0.39, 0.29) is 53.6 Å². The molecule has 3 saturated heterocycles. The average Bonchev–Trinajstić information content (AvgIpc) is 3.34. The highest BCUT2D eigenvalue weighted by Gasteiger charge is 2.51. The van der Waals surface area contributed by atoms with Crippen LogP contribution in [-0.2, 0) is 31.3 Å². The fourth-order valence-corrected chi connectivity index (χ4v) is 7.69. The molecule has 0 bridgehead atoms. The number of ether oxygens (including phenoxy) is 1. The summed E-state index contributed by atoms with van der Waals surface area (Å²) in [7, 11) is 0. The van der Waals surface area contributed by atoms with Crippen LogP contribution in [0.2, 0.25) is 0 Å². The topological polar surface area (TPSA) is 150 Å². The van der Waals surface area contributed by atoms with E-state index in [0.717, 1.165) is 17.0 Å². The Kier molecular flexibility index (Phi) is 12.3. The van der Waals surface area contributed by atoms with Crippen LogP contribution in [0.25, 0.3) is 0 Å². The molecule has 4 amide bonds. The molecule has 0 aliphatic carbocycles. The quantitative estimate of drug-likeness (QED) is 0.121. The molecule has 13 nitrogen and oxygen atoms in total. The van der Waals surface area contributed by atoms with Crippen molar-refractivity contribution in [3.05, 3.63) is 77.4 Å². The summed E-state index contributed by atoms with van der Waals surface area (Å²) < 4.78 is 77.3. The first-order valence-electron chi connectivity index (χ1n) is 18.7. The van der Waals surface area contributed by atoms with Gasteiger partial charge >= 0.3 is 6.18 Å². The summed E-state index contributed by atoms with van der Waals surface area (Å²) in [6.07, 6.45) is -4.28. The number of nitriles is 1. The van der Waals surface area contributed by atoms with E-state index in [4.69, 9.17) is 17.0 Å². The number of thiocarbonyl (C=S) groups is 1. The number of hydrogen-bond donors (Lipinski definition) is 3. The van der Waals surface area contributed by atoms with Crippen molar-refractivity contribution in [1.29, 1.82) is 5.26 Å². The number of halogens is 5. The number of amides is 4. The first kappa shape index (κ1) is 42.9. The molecule has 19 heteroatoms. The molecule has 59 heavy (non-hydrogen) atoms. The van der Waals surface area contributed by atoms with Crippen LogP contribution < -0.4 is 30.5 Å². The van der Waals surface area contributed by atoms with E-state index < -0.39 is 52.2 Å². The zero-order chi connectivity index (χ0) is 42.9. The van der Waals surface area contributed by atoms with Crippen LogP contribution in [0.4, 0.5) is 44.7 Å². The van der Waals surface area contributed by atoms with Crippen LogP contribution in [0.5, 0.6) is 5.75 Å². The SMILES string of the molecule is CC(F)(F)c1cc(N2C(=S)N(c3ccc(C#N)c(C(F)(F)F)c3)C(=O)C2(C)C)ccc1OCCN1CCN(CC(=O)Nc2cccc(NC3CCC(=O)NC3=O)c2)CC1. The Morgan fingerprint density at radius 1 is 0.949 bits per heavy atom. The Morgan fingerprint density at radius 3 is 2.27 bits per heavy atom. The van der Waals surface area contributed by atoms with E-state index in [2.05, 4.69) is 20.9 Å². The number of nitrogens with zero attached hydrogens (tertiary/aromatic N) is 5. The van der Waals surface area contributed by atoms with Gasteiger partial charge in [-0.15, -0.1) is 0 Å². The van der Waals surface area contributed by atoms with E-state index in [1.165, 1.54) is 43.0 Å². The van der Waals surface area contributed by atoms with Gasteiger partial charge in [-0.25, -0.2) is 8.78 Å². The maximum atomic E-state index is 15.1. The minimum Gasteiger partial charge on any atom is -0.492 e. The van der Waals surface area contributed by atoms with Gasteiger partial charge in [-0.2, -0.15) is 18.4 Å². The fraction of sp³-hybridized carbons (Fsp3) is 0.400. The summed E-state index contributed by atoms with van der Waals surface area (Å²) in [5, 5.41) is 17.2. The molecule has 1 atom stereocenters. The van der Waals surface area contributed by atoms with Crippen molar-refractivity contribution in [3.63, 3.8) is 0 Å². The first-order chi connectivity index (χ1) is 27.8. The largest absolute Gasteiger partial charge is 0.492 e. The van der Waals surface area contributed by atoms with Gasteiger partial charge in [0, 0.05) is 63.1 Å². The number of nitrogens with one attached hydrogen (secondary N) is 3. The molecule has 312 valence electrons. The average molecular weight is 841 g/mol. The molecule has 3 aromatic rings. The van der Waals surface area contributed by atoms with Crippen LogP contribution in [0.1, 0.15) is 50.3 Å². The number of carbonyl (C=O) groups excluding carboxylic acids is 4. The molecule has 3 aliphatic rings. The molecular formula is C40H41F5N8O5S. The number of rotatable bonds is 12. The number of carbonyl (C=O) groups is 4. The Labute approximate surface area is 342 Å². The Morgan fingerprint density at radius 2 is 1.61 bits per heavy atom. The predicted molar refractivity (Wildman–Crippen MR) is 212 cm³/mol. The highest BCUT2D eigenvalue weighted by molar-refractivity contribution is 7.81. The highest BCUT2D eigenvalue weighted by atomic mass is 32.1. The minimum atomic E-state index is -4.89. The fourth-order valence-electron chi connectivity index (χ4n) is 7.16. The van der Waals surface area contributed by atoms with Gasteiger partial charge in [0.2, 0.25) is 17.7 Å². The lowest BCUT2D eigenvalue weighted by Gasteiger charge is -2.34. The maximum absolute atomic E-state index is 15.1. The molecule has 0 saturated carbocycles. The lowest BCUT2D eigenvalue weighted by molar-refractivity contribution is -0.138. The number of imide groups is 1. The zero-order valence-corrected chi connectivity index (χ0v) is 33.1. The summed E-state index contributed by atoms with van der Waals surface area (Å²) in [4.78, 5) is 56.3. The molecule has 3 aliphatic heterocycles. The van der Waals surface area contributed by atoms with Crippen LogP contribution in [0.15, 0.2) is 60.7 Å². The van der Waals surface area contributed by atoms with E-state index >= 15 is 8.78 Å². The van der Waals surface area contributed by atoms with Crippen molar-refractivity contribution in [2.24, 2.45) is 0 Å². The van der Waals surface area contributed by atoms with Crippen molar-refractivity contribution in [2.45, 2.75) is 57.3 Å².